The topological polar surface area (TPSA) is 93.9 Å². The zero-order valence-corrected chi connectivity index (χ0v) is 20.9. The van der Waals surface area contributed by atoms with Crippen LogP contribution in [0.3, 0.4) is 0 Å². The van der Waals surface area contributed by atoms with Crippen molar-refractivity contribution in [3.63, 3.8) is 0 Å². The number of carbonyl (C=O) groups excluding carboxylic acids is 1. The molecular formula is C26H33N3O5. The summed E-state index contributed by atoms with van der Waals surface area (Å²) in [6, 6.07) is 7.53. The standard InChI is InChI=1S/C22H21N3O5.2C2H6/c1-24(2)9-14-12-8-18-17(23-16(12)4-5-19(14)29-3)7-11-6-13-15(21(27)25(11)18)10-30-22(28)20(13)26;2*1-2/h4-6,8,20,26H,7,9-10H2,1-3H3;2*1-2H3/t20-;;/m0../s1. The number of benzene rings is 1. The zero-order chi connectivity index (χ0) is 25.2. The molecule has 0 saturated carbocycles. The van der Waals surface area contributed by atoms with Crippen molar-refractivity contribution < 1.29 is 19.4 Å². The van der Waals surface area contributed by atoms with Gasteiger partial charge in [-0.3, -0.25) is 14.3 Å². The average molecular weight is 468 g/mol. The maximum atomic E-state index is 13.2. The van der Waals surface area contributed by atoms with Crippen LogP contribution in [0.4, 0.5) is 0 Å². The number of carbonyl (C=O) groups is 1. The number of hydrogen-bond donors (Lipinski definition) is 1. The van der Waals surface area contributed by atoms with Gasteiger partial charge in [-0.05, 0) is 38.4 Å². The Kier molecular flexibility index (Phi) is 7.74. The molecule has 34 heavy (non-hydrogen) atoms. The highest BCUT2D eigenvalue weighted by atomic mass is 16.5. The highest BCUT2D eigenvalue weighted by Crippen LogP contribution is 2.35. The molecule has 0 fully saturated rings. The molecule has 0 spiro atoms. The summed E-state index contributed by atoms with van der Waals surface area (Å²) in [5, 5.41) is 11.1. The van der Waals surface area contributed by atoms with Crippen molar-refractivity contribution in [3.05, 3.63) is 62.7 Å². The van der Waals surface area contributed by atoms with Crippen molar-refractivity contribution in [1.82, 2.24) is 14.5 Å². The number of fused-ring (bicyclic) bond motifs is 5. The summed E-state index contributed by atoms with van der Waals surface area (Å²) in [4.78, 5) is 31.8. The summed E-state index contributed by atoms with van der Waals surface area (Å²) in [5.74, 6) is 0.0376. The summed E-state index contributed by atoms with van der Waals surface area (Å²) < 4.78 is 12.1. The summed E-state index contributed by atoms with van der Waals surface area (Å²) in [6.45, 7) is 8.52. The van der Waals surface area contributed by atoms with Crippen molar-refractivity contribution in [2.45, 2.75) is 53.4 Å². The predicted octanol–water partition coefficient (Wildman–Crippen LogP) is 3.50. The molecule has 0 amide bonds. The Bertz CT molecular complexity index is 1280. The van der Waals surface area contributed by atoms with Crippen LogP contribution in [0, 0.1) is 0 Å². The van der Waals surface area contributed by atoms with Gasteiger partial charge in [-0.2, -0.15) is 0 Å². The highest BCUT2D eigenvalue weighted by Gasteiger charge is 2.33. The first-order valence-corrected chi connectivity index (χ1v) is 11.7. The van der Waals surface area contributed by atoms with E-state index in [2.05, 4.69) is 4.90 Å². The van der Waals surface area contributed by atoms with E-state index in [1.165, 1.54) is 0 Å². The molecule has 4 heterocycles. The Hall–Kier alpha value is -3.23. The lowest BCUT2D eigenvalue weighted by Crippen LogP contribution is -2.32. The van der Waals surface area contributed by atoms with E-state index >= 15 is 0 Å². The second-order valence-electron chi connectivity index (χ2n) is 7.90. The average Bonchev–Trinajstić information content (AvgIpc) is 3.20. The van der Waals surface area contributed by atoms with Crippen LogP contribution < -0.4 is 10.3 Å². The zero-order valence-electron chi connectivity index (χ0n) is 20.9. The Balaban J connectivity index is 0.000000771. The first-order valence-electron chi connectivity index (χ1n) is 11.7. The second-order valence-corrected chi connectivity index (χ2v) is 7.90. The third-order valence-electron chi connectivity index (χ3n) is 5.70. The Morgan fingerprint density at radius 3 is 2.53 bits per heavy atom. The molecule has 2 aliphatic rings. The van der Waals surface area contributed by atoms with Crippen molar-refractivity contribution >= 4 is 16.9 Å². The van der Waals surface area contributed by atoms with Gasteiger partial charge >= 0.3 is 5.97 Å². The van der Waals surface area contributed by atoms with Crippen LogP contribution in [0.2, 0.25) is 0 Å². The first-order chi connectivity index (χ1) is 16.4. The van der Waals surface area contributed by atoms with E-state index in [9.17, 15) is 14.7 Å². The molecule has 0 bridgehead atoms. The number of esters is 1. The molecular weight excluding hydrogens is 434 g/mol. The third kappa shape index (κ3) is 4.19. The molecule has 0 aliphatic carbocycles. The maximum Gasteiger partial charge on any atom is 0.340 e. The number of aliphatic hydroxyl groups is 1. The fourth-order valence-electron chi connectivity index (χ4n) is 4.33. The van der Waals surface area contributed by atoms with Gasteiger partial charge in [0.25, 0.3) is 5.56 Å². The van der Waals surface area contributed by atoms with Crippen LogP contribution in [0.15, 0.2) is 29.1 Å². The van der Waals surface area contributed by atoms with Crippen molar-refractivity contribution in [2.24, 2.45) is 0 Å². The van der Waals surface area contributed by atoms with Crippen LogP contribution in [0.25, 0.3) is 16.6 Å². The maximum absolute atomic E-state index is 13.2. The minimum absolute atomic E-state index is 0.139. The van der Waals surface area contributed by atoms with Crippen LogP contribution in [-0.4, -0.2) is 46.7 Å². The minimum Gasteiger partial charge on any atom is -0.496 e. The number of aliphatic hydroxyl groups excluding tert-OH is 1. The smallest absolute Gasteiger partial charge is 0.340 e. The lowest BCUT2D eigenvalue weighted by atomic mass is 10.0. The van der Waals surface area contributed by atoms with Gasteiger partial charge in [-0.1, -0.05) is 27.7 Å². The van der Waals surface area contributed by atoms with Gasteiger partial charge in [-0.25, -0.2) is 4.79 Å². The number of ether oxygens (including phenoxy) is 2. The molecule has 0 radical (unpaired) electrons. The fraction of sp³-hybridized carbons (Fsp3) is 0.423. The molecule has 1 aromatic carbocycles. The van der Waals surface area contributed by atoms with E-state index in [0.717, 1.165) is 27.9 Å². The number of aromatic nitrogens is 2. The second kappa shape index (κ2) is 10.4. The van der Waals surface area contributed by atoms with E-state index in [-0.39, 0.29) is 12.2 Å². The molecule has 8 nitrogen and oxygen atoms in total. The van der Waals surface area contributed by atoms with E-state index in [4.69, 9.17) is 14.5 Å². The van der Waals surface area contributed by atoms with Crippen LogP contribution in [0.1, 0.15) is 61.9 Å². The molecule has 1 N–H and O–H groups in total. The predicted molar refractivity (Wildman–Crippen MR) is 132 cm³/mol. The van der Waals surface area contributed by atoms with Gasteiger partial charge in [-0.15, -0.1) is 0 Å². The lowest BCUT2D eigenvalue weighted by molar-refractivity contribution is -0.157. The largest absolute Gasteiger partial charge is 0.496 e. The summed E-state index contributed by atoms with van der Waals surface area (Å²) >= 11 is 0. The summed E-state index contributed by atoms with van der Waals surface area (Å²) in [7, 11) is 5.61. The molecule has 5 rings (SSSR count). The van der Waals surface area contributed by atoms with Gasteiger partial charge in [0.1, 0.15) is 12.4 Å². The van der Waals surface area contributed by atoms with Gasteiger partial charge in [0.15, 0.2) is 6.10 Å². The lowest BCUT2D eigenvalue weighted by Gasteiger charge is -2.21. The highest BCUT2D eigenvalue weighted by molar-refractivity contribution is 5.87. The number of nitrogens with zero attached hydrogens (tertiary/aromatic N) is 3. The number of cyclic esters (lactones) is 1. The van der Waals surface area contributed by atoms with E-state index in [0.29, 0.717) is 35.5 Å². The van der Waals surface area contributed by atoms with Crippen molar-refractivity contribution in [1.29, 1.82) is 0 Å². The quantitative estimate of drug-likeness (QED) is 0.461. The first kappa shape index (κ1) is 25.4. The van der Waals surface area contributed by atoms with Crippen LogP contribution in [0.5, 0.6) is 5.75 Å². The number of rotatable bonds is 3. The van der Waals surface area contributed by atoms with Gasteiger partial charge in [0.05, 0.1) is 29.6 Å². The monoisotopic (exact) mass is 467 g/mol. The molecule has 3 aromatic rings. The minimum atomic E-state index is -1.43. The van der Waals surface area contributed by atoms with Gasteiger partial charge in [0.2, 0.25) is 0 Å². The van der Waals surface area contributed by atoms with Gasteiger partial charge in [0, 0.05) is 35.2 Å². The Morgan fingerprint density at radius 1 is 1.18 bits per heavy atom. The Labute approximate surface area is 199 Å². The Morgan fingerprint density at radius 2 is 1.88 bits per heavy atom. The van der Waals surface area contributed by atoms with Crippen LogP contribution >= 0.6 is 0 Å². The molecule has 182 valence electrons. The molecule has 1 atom stereocenters. The van der Waals surface area contributed by atoms with E-state index in [1.807, 2.05) is 60.0 Å². The molecule has 0 unspecified atom stereocenters. The van der Waals surface area contributed by atoms with Crippen LogP contribution in [-0.2, 0) is 29.1 Å². The van der Waals surface area contributed by atoms with E-state index < -0.39 is 12.1 Å². The molecule has 2 aliphatic heterocycles. The van der Waals surface area contributed by atoms with Crippen molar-refractivity contribution in [3.8, 4) is 11.4 Å². The molecule has 2 aromatic heterocycles. The fourth-order valence-corrected chi connectivity index (χ4v) is 4.33. The third-order valence-corrected chi connectivity index (χ3v) is 5.70. The molecule has 0 saturated heterocycles. The number of pyridine rings is 2. The summed E-state index contributed by atoms with van der Waals surface area (Å²) in [6.07, 6.45) is -0.982. The molecule has 8 heteroatoms. The van der Waals surface area contributed by atoms with Gasteiger partial charge < -0.3 is 19.5 Å². The van der Waals surface area contributed by atoms with E-state index in [1.54, 1.807) is 17.7 Å². The summed E-state index contributed by atoms with van der Waals surface area (Å²) in [5.41, 5.74) is 4.37. The number of methoxy groups -OCH3 is 1. The van der Waals surface area contributed by atoms with Crippen molar-refractivity contribution in [2.75, 3.05) is 21.2 Å². The number of hydrogen-bond acceptors (Lipinski definition) is 7. The SMILES string of the molecule is CC.CC.COc1ccc2nc3c(cc2c1CN(C)C)-n1c(cc2c(c1=O)COC(=O)[C@H]2O)C3. The normalized spacial score (nSPS) is 15.3.